The highest BCUT2D eigenvalue weighted by atomic mass is 16.5. The minimum atomic E-state index is -0.792. The van der Waals surface area contributed by atoms with Crippen LogP contribution in [0.25, 0.3) is 11.0 Å². The number of anilines is 1. The summed E-state index contributed by atoms with van der Waals surface area (Å²) in [6.07, 6.45) is -0.283. The van der Waals surface area contributed by atoms with Gasteiger partial charge in [-0.3, -0.25) is 9.59 Å². The summed E-state index contributed by atoms with van der Waals surface area (Å²) in [7, 11) is 0. The Hall–Kier alpha value is -2.23. The Morgan fingerprint density at radius 2 is 2.33 bits per heavy atom. The largest absolute Gasteiger partial charge is 0.394 e. The number of amides is 1. The van der Waals surface area contributed by atoms with Crippen LogP contribution in [0.2, 0.25) is 0 Å². The van der Waals surface area contributed by atoms with Gasteiger partial charge in [0.2, 0.25) is 5.91 Å². The van der Waals surface area contributed by atoms with Crippen molar-refractivity contribution in [2.24, 2.45) is 5.92 Å². The minimum Gasteiger partial charge on any atom is -0.394 e. The van der Waals surface area contributed by atoms with Gasteiger partial charge in [-0.1, -0.05) is 13.8 Å². The Morgan fingerprint density at radius 1 is 1.58 bits per heavy atom. The Kier molecular flexibility index (Phi) is 4.39. The average molecular weight is 336 g/mol. The zero-order chi connectivity index (χ0) is 17.4. The molecule has 0 saturated carbocycles. The van der Waals surface area contributed by atoms with E-state index in [1.165, 1.54) is 6.33 Å². The molecule has 1 fully saturated rings. The maximum absolute atomic E-state index is 12.2. The number of nitrogens with zero attached hydrogens (tertiary/aromatic N) is 2. The van der Waals surface area contributed by atoms with E-state index in [1.54, 1.807) is 24.5 Å². The van der Waals surface area contributed by atoms with Crippen molar-refractivity contribution in [2.75, 3.05) is 11.9 Å². The summed E-state index contributed by atoms with van der Waals surface area (Å²) in [4.78, 5) is 30.6. The summed E-state index contributed by atoms with van der Waals surface area (Å²) < 4.78 is 7.22. The Labute approximate surface area is 137 Å². The second kappa shape index (κ2) is 6.34. The summed E-state index contributed by atoms with van der Waals surface area (Å²) in [5.41, 5.74) is 0.263. The number of aliphatic hydroxyl groups is 2. The van der Waals surface area contributed by atoms with Crippen LogP contribution < -0.4 is 10.9 Å². The van der Waals surface area contributed by atoms with Crippen molar-refractivity contribution < 1.29 is 19.7 Å². The zero-order valence-electron chi connectivity index (χ0n) is 13.4. The van der Waals surface area contributed by atoms with Gasteiger partial charge in [0.1, 0.15) is 18.1 Å². The lowest BCUT2D eigenvalue weighted by Gasteiger charge is -2.14. The van der Waals surface area contributed by atoms with Gasteiger partial charge in [0.15, 0.2) is 5.52 Å². The van der Waals surface area contributed by atoms with Gasteiger partial charge in [0.25, 0.3) is 5.56 Å². The molecule has 24 heavy (non-hydrogen) atoms. The topological polar surface area (TPSA) is 129 Å². The lowest BCUT2D eigenvalue weighted by molar-refractivity contribution is -0.118. The van der Waals surface area contributed by atoms with E-state index in [0.717, 1.165) is 0 Å². The maximum atomic E-state index is 12.2. The van der Waals surface area contributed by atoms with Gasteiger partial charge in [-0.05, 0) is 0 Å². The van der Waals surface area contributed by atoms with Crippen molar-refractivity contribution in [1.29, 1.82) is 0 Å². The number of aromatic nitrogens is 3. The summed E-state index contributed by atoms with van der Waals surface area (Å²) in [6.45, 7) is 3.21. The highest BCUT2D eigenvalue weighted by Crippen LogP contribution is 2.30. The molecular formula is C15H20N4O5. The number of carbonyl (C=O) groups is 1. The lowest BCUT2D eigenvalue weighted by atomic mass is 10.2. The molecular weight excluding hydrogens is 316 g/mol. The molecule has 1 amide bonds. The number of hydrogen-bond acceptors (Lipinski definition) is 6. The SMILES string of the molecule is CC(C)C(=O)Nc1cc2c(ncn2[C@H]2C[C@H](O)[C@@H](CO)O2)c(=O)[nH]1. The van der Waals surface area contributed by atoms with Crippen molar-refractivity contribution >= 4 is 22.8 Å². The number of pyridine rings is 1. The molecule has 130 valence electrons. The van der Waals surface area contributed by atoms with Gasteiger partial charge in [-0.15, -0.1) is 0 Å². The number of fused-ring (bicyclic) bond motifs is 1. The zero-order valence-corrected chi connectivity index (χ0v) is 13.4. The third kappa shape index (κ3) is 2.93. The molecule has 0 aromatic carbocycles. The predicted molar refractivity (Wildman–Crippen MR) is 85.4 cm³/mol. The van der Waals surface area contributed by atoms with Gasteiger partial charge < -0.3 is 29.8 Å². The molecule has 0 aliphatic carbocycles. The molecule has 0 unspecified atom stereocenters. The second-order valence-corrected chi connectivity index (χ2v) is 6.16. The van der Waals surface area contributed by atoms with Crippen LogP contribution in [0.3, 0.4) is 0 Å². The van der Waals surface area contributed by atoms with Crippen molar-refractivity contribution in [3.05, 3.63) is 22.7 Å². The van der Waals surface area contributed by atoms with E-state index in [4.69, 9.17) is 4.74 Å². The van der Waals surface area contributed by atoms with E-state index in [9.17, 15) is 19.8 Å². The molecule has 3 atom stereocenters. The number of hydrogen-bond donors (Lipinski definition) is 4. The second-order valence-electron chi connectivity index (χ2n) is 6.16. The molecule has 9 nitrogen and oxygen atoms in total. The number of carbonyl (C=O) groups excluding carboxylic acids is 1. The Balaban J connectivity index is 1.97. The number of aromatic amines is 1. The Morgan fingerprint density at radius 3 is 2.96 bits per heavy atom. The smallest absolute Gasteiger partial charge is 0.277 e. The molecule has 1 saturated heterocycles. The van der Waals surface area contributed by atoms with E-state index in [0.29, 0.717) is 5.52 Å². The normalized spacial score (nSPS) is 24.0. The van der Waals surface area contributed by atoms with Crippen molar-refractivity contribution in [1.82, 2.24) is 14.5 Å². The Bertz CT molecular complexity index is 812. The molecule has 9 heteroatoms. The van der Waals surface area contributed by atoms with Crippen LogP contribution in [-0.4, -0.2) is 49.5 Å². The van der Waals surface area contributed by atoms with E-state index < -0.39 is 24.0 Å². The number of ether oxygens (including phenoxy) is 1. The maximum Gasteiger partial charge on any atom is 0.277 e. The van der Waals surface area contributed by atoms with E-state index >= 15 is 0 Å². The third-order valence-corrected chi connectivity index (χ3v) is 4.05. The standard InChI is InChI=1S/C15H20N4O5/c1-7(2)14(22)17-11-3-8-13(15(23)18-11)16-6-19(8)12-4-9(21)10(5-20)24-12/h3,6-7,9-10,12,20-21H,4-5H2,1-2H3,(H2,17,18,22,23)/t9-,10+,12+/m0/s1. The first-order valence-electron chi connectivity index (χ1n) is 7.75. The van der Waals surface area contributed by atoms with Crippen LogP contribution in [0.5, 0.6) is 0 Å². The monoisotopic (exact) mass is 336 g/mol. The summed E-state index contributed by atoms with van der Waals surface area (Å²) >= 11 is 0. The molecule has 0 spiro atoms. The fourth-order valence-electron chi connectivity index (χ4n) is 2.67. The average Bonchev–Trinajstić information content (AvgIpc) is 3.10. The highest BCUT2D eigenvalue weighted by Gasteiger charge is 2.35. The van der Waals surface area contributed by atoms with Crippen LogP contribution in [0, 0.1) is 5.92 Å². The number of rotatable bonds is 4. The summed E-state index contributed by atoms with van der Waals surface area (Å²) in [5, 5.41) is 21.7. The molecule has 1 aliphatic rings. The van der Waals surface area contributed by atoms with Gasteiger partial charge in [-0.25, -0.2) is 4.98 Å². The fourth-order valence-corrected chi connectivity index (χ4v) is 2.67. The minimum absolute atomic E-state index is 0.211. The molecule has 0 bridgehead atoms. The summed E-state index contributed by atoms with van der Waals surface area (Å²) in [6, 6.07) is 1.60. The lowest BCUT2D eigenvalue weighted by Crippen LogP contribution is -2.24. The number of nitrogens with one attached hydrogen (secondary N) is 2. The molecule has 0 radical (unpaired) electrons. The molecule has 3 rings (SSSR count). The fraction of sp³-hybridized carbons (Fsp3) is 0.533. The quantitative estimate of drug-likeness (QED) is 0.620. The molecule has 2 aromatic rings. The van der Waals surface area contributed by atoms with Crippen molar-refractivity contribution in [3.8, 4) is 0 Å². The van der Waals surface area contributed by atoms with E-state index in [-0.39, 0.29) is 36.2 Å². The molecule has 2 aromatic heterocycles. The first-order valence-corrected chi connectivity index (χ1v) is 7.75. The first-order chi connectivity index (χ1) is 11.4. The van der Waals surface area contributed by atoms with Gasteiger partial charge in [0.05, 0.1) is 24.6 Å². The molecule has 1 aliphatic heterocycles. The molecule has 3 heterocycles. The van der Waals surface area contributed by atoms with Crippen molar-refractivity contribution in [2.45, 2.75) is 38.7 Å². The first kappa shape index (κ1) is 16.6. The van der Waals surface area contributed by atoms with E-state index in [2.05, 4.69) is 15.3 Å². The van der Waals surface area contributed by atoms with Crippen LogP contribution in [0.4, 0.5) is 5.82 Å². The van der Waals surface area contributed by atoms with Crippen LogP contribution in [0.1, 0.15) is 26.5 Å². The van der Waals surface area contributed by atoms with Gasteiger partial charge in [0, 0.05) is 18.4 Å². The third-order valence-electron chi connectivity index (χ3n) is 4.05. The molecule has 4 N–H and O–H groups in total. The highest BCUT2D eigenvalue weighted by molar-refractivity contribution is 5.92. The van der Waals surface area contributed by atoms with Gasteiger partial charge >= 0.3 is 0 Å². The number of aliphatic hydroxyl groups excluding tert-OH is 2. The van der Waals surface area contributed by atoms with Crippen LogP contribution >= 0.6 is 0 Å². The van der Waals surface area contributed by atoms with Crippen LogP contribution in [0.15, 0.2) is 17.2 Å². The number of H-pyrrole nitrogens is 1. The van der Waals surface area contributed by atoms with Gasteiger partial charge in [-0.2, -0.15) is 0 Å². The van der Waals surface area contributed by atoms with E-state index in [1.807, 2.05) is 0 Å². The number of imidazole rings is 1. The summed E-state index contributed by atoms with van der Waals surface area (Å²) in [5.74, 6) is -0.179. The predicted octanol–water partition coefficient (Wildman–Crippen LogP) is -0.0402. The van der Waals surface area contributed by atoms with Crippen molar-refractivity contribution in [3.63, 3.8) is 0 Å². The van der Waals surface area contributed by atoms with Crippen LogP contribution in [-0.2, 0) is 9.53 Å².